The lowest BCUT2D eigenvalue weighted by Gasteiger charge is -2.18. The average Bonchev–Trinajstić information content (AvgIpc) is 2.50. The van der Waals surface area contributed by atoms with Crippen LogP contribution in [0.5, 0.6) is 0 Å². The van der Waals surface area contributed by atoms with Crippen molar-refractivity contribution >= 4 is 33.4 Å². The van der Waals surface area contributed by atoms with E-state index in [-0.39, 0.29) is 23.9 Å². The first kappa shape index (κ1) is 17.1. The molecule has 1 unspecified atom stereocenters. The molecule has 0 aliphatic heterocycles. The zero-order valence-electron chi connectivity index (χ0n) is 12.5. The summed E-state index contributed by atoms with van der Waals surface area (Å²) in [5, 5.41) is 5.26. The molecule has 2 aromatic carbocycles. The predicted molar refractivity (Wildman–Crippen MR) is 90.3 cm³/mol. The highest BCUT2D eigenvalue weighted by Gasteiger charge is 2.17. The Balaban J connectivity index is 2.09. The number of carbonyl (C=O) groups is 2. The minimum absolute atomic E-state index is 0.0130. The fraction of sp³-hybridized carbons (Fsp3) is 0.176. The maximum absolute atomic E-state index is 13.8. The first-order valence-corrected chi connectivity index (χ1v) is 7.82. The number of hydrogen-bond acceptors (Lipinski definition) is 2. The molecule has 1 atom stereocenters. The van der Waals surface area contributed by atoms with Gasteiger partial charge in [0.1, 0.15) is 5.82 Å². The first-order valence-electron chi connectivity index (χ1n) is 7.02. The van der Waals surface area contributed by atoms with Crippen LogP contribution in [0.15, 0.2) is 53.0 Å². The maximum Gasteiger partial charge on any atom is 0.226 e. The van der Waals surface area contributed by atoms with Gasteiger partial charge < -0.3 is 10.6 Å². The smallest absolute Gasteiger partial charge is 0.226 e. The molecule has 2 N–H and O–H groups in total. The molecule has 0 aliphatic carbocycles. The summed E-state index contributed by atoms with van der Waals surface area (Å²) >= 11 is 3.16. The van der Waals surface area contributed by atoms with Gasteiger partial charge in [-0.3, -0.25) is 9.59 Å². The van der Waals surface area contributed by atoms with E-state index in [0.717, 1.165) is 5.56 Å². The molecule has 0 saturated heterocycles. The molecule has 0 aromatic heterocycles. The Bertz CT molecular complexity index is 707. The number of rotatable bonds is 5. The minimum Gasteiger partial charge on any atom is -0.349 e. The fourth-order valence-electron chi connectivity index (χ4n) is 2.16. The number of carbonyl (C=O) groups excluding carboxylic acids is 2. The van der Waals surface area contributed by atoms with E-state index in [1.54, 1.807) is 6.07 Å². The first-order chi connectivity index (χ1) is 11.0. The summed E-state index contributed by atoms with van der Waals surface area (Å²) in [6.07, 6.45) is 0.0130. The van der Waals surface area contributed by atoms with Crippen LogP contribution in [0.3, 0.4) is 0 Å². The molecule has 2 amide bonds. The molecule has 0 spiro atoms. The third-order valence-electron chi connectivity index (χ3n) is 3.17. The van der Waals surface area contributed by atoms with Crippen LogP contribution in [-0.2, 0) is 9.59 Å². The van der Waals surface area contributed by atoms with Crippen molar-refractivity contribution in [2.75, 3.05) is 5.32 Å². The van der Waals surface area contributed by atoms with Gasteiger partial charge >= 0.3 is 0 Å². The van der Waals surface area contributed by atoms with E-state index in [1.807, 2.05) is 30.3 Å². The van der Waals surface area contributed by atoms with Gasteiger partial charge in [-0.15, -0.1) is 0 Å². The Labute approximate surface area is 142 Å². The van der Waals surface area contributed by atoms with Crippen LogP contribution in [0.4, 0.5) is 10.1 Å². The van der Waals surface area contributed by atoms with E-state index in [1.165, 1.54) is 19.1 Å². The summed E-state index contributed by atoms with van der Waals surface area (Å²) in [4.78, 5) is 23.5. The van der Waals surface area contributed by atoms with Crippen molar-refractivity contribution in [3.8, 4) is 0 Å². The van der Waals surface area contributed by atoms with E-state index in [2.05, 4.69) is 26.6 Å². The van der Waals surface area contributed by atoms with Gasteiger partial charge in [0.2, 0.25) is 11.8 Å². The number of nitrogens with one attached hydrogen (secondary N) is 2. The van der Waals surface area contributed by atoms with Gasteiger partial charge in [0.15, 0.2) is 0 Å². The van der Waals surface area contributed by atoms with E-state index < -0.39 is 11.9 Å². The number of amides is 2. The van der Waals surface area contributed by atoms with Crippen LogP contribution in [-0.4, -0.2) is 11.8 Å². The molecular formula is C17H16BrFN2O2. The maximum atomic E-state index is 13.8. The normalized spacial score (nSPS) is 11.6. The highest BCUT2D eigenvalue weighted by Crippen LogP contribution is 2.21. The molecule has 0 heterocycles. The average molecular weight is 379 g/mol. The van der Waals surface area contributed by atoms with Crippen molar-refractivity contribution < 1.29 is 14.0 Å². The SMILES string of the molecule is CC(=O)NC(CC(=O)Nc1ccc(Br)cc1F)c1ccccc1. The topological polar surface area (TPSA) is 58.2 Å². The van der Waals surface area contributed by atoms with Crippen molar-refractivity contribution in [3.63, 3.8) is 0 Å². The molecule has 2 rings (SSSR count). The largest absolute Gasteiger partial charge is 0.349 e. The lowest BCUT2D eigenvalue weighted by molar-refractivity contribution is -0.120. The lowest BCUT2D eigenvalue weighted by atomic mass is 10.0. The van der Waals surface area contributed by atoms with E-state index >= 15 is 0 Å². The summed E-state index contributed by atoms with van der Waals surface area (Å²) in [5.74, 6) is -1.14. The molecule has 23 heavy (non-hydrogen) atoms. The van der Waals surface area contributed by atoms with Crippen LogP contribution in [0.1, 0.15) is 24.9 Å². The summed E-state index contributed by atoms with van der Waals surface area (Å²) in [6, 6.07) is 13.1. The summed E-state index contributed by atoms with van der Waals surface area (Å²) in [5.41, 5.74) is 0.918. The minimum atomic E-state index is -0.525. The molecule has 0 radical (unpaired) electrons. The van der Waals surface area contributed by atoms with Gasteiger partial charge in [-0.2, -0.15) is 0 Å². The molecule has 120 valence electrons. The monoisotopic (exact) mass is 378 g/mol. The second-order valence-corrected chi connectivity index (χ2v) is 5.96. The standard InChI is InChI=1S/C17H16BrFN2O2/c1-11(22)20-16(12-5-3-2-4-6-12)10-17(23)21-15-8-7-13(18)9-14(15)19/h2-9,16H,10H2,1H3,(H,20,22)(H,21,23). The zero-order valence-corrected chi connectivity index (χ0v) is 14.1. The molecule has 0 bridgehead atoms. The third kappa shape index (κ3) is 5.17. The van der Waals surface area contributed by atoms with Gasteiger partial charge in [-0.1, -0.05) is 46.3 Å². The van der Waals surface area contributed by atoms with Gasteiger partial charge in [0, 0.05) is 11.4 Å². The predicted octanol–water partition coefficient (Wildman–Crippen LogP) is 3.79. The molecule has 0 aliphatic rings. The number of anilines is 1. The number of benzene rings is 2. The third-order valence-corrected chi connectivity index (χ3v) is 3.67. The van der Waals surface area contributed by atoms with Crippen molar-refractivity contribution in [1.82, 2.24) is 5.32 Å². The quantitative estimate of drug-likeness (QED) is 0.831. The fourth-order valence-corrected chi connectivity index (χ4v) is 2.49. The van der Waals surface area contributed by atoms with Crippen LogP contribution in [0, 0.1) is 5.82 Å². The lowest BCUT2D eigenvalue weighted by Crippen LogP contribution is -2.29. The second-order valence-electron chi connectivity index (χ2n) is 5.04. The highest BCUT2D eigenvalue weighted by atomic mass is 79.9. The van der Waals surface area contributed by atoms with Crippen molar-refractivity contribution in [3.05, 3.63) is 64.4 Å². The van der Waals surface area contributed by atoms with Crippen LogP contribution in [0.2, 0.25) is 0 Å². The second kappa shape index (κ2) is 7.87. The van der Waals surface area contributed by atoms with E-state index in [0.29, 0.717) is 4.47 Å². The number of hydrogen-bond donors (Lipinski definition) is 2. The van der Waals surface area contributed by atoms with Gasteiger partial charge in [0.05, 0.1) is 18.2 Å². The molecular weight excluding hydrogens is 363 g/mol. The Morgan fingerprint density at radius 2 is 1.87 bits per heavy atom. The highest BCUT2D eigenvalue weighted by molar-refractivity contribution is 9.10. The Morgan fingerprint density at radius 1 is 1.17 bits per heavy atom. The summed E-state index contributed by atoms with van der Waals surface area (Å²) in [6.45, 7) is 1.39. The van der Waals surface area contributed by atoms with Crippen molar-refractivity contribution in [2.24, 2.45) is 0 Å². The Hall–Kier alpha value is -2.21. The van der Waals surface area contributed by atoms with Crippen LogP contribution >= 0.6 is 15.9 Å². The zero-order chi connectivity index (χ0) is 16.8. The summed E-state index contributed by atoms with van der Waals surface area (Å²) in [7, 11) is 0. The number of halogens is 2. The molecule has 6 heteroatoms. The molecule has 2 aromatic rings. The van der Waals surface area contributed by atoms with E-state index in [4.69, 9.17) is 0 Å². The van der Waals surface area contributed by atoms with Gasteiger partial charge in [-0.05, 0) is 23.8 Å². The molecule has 0 saturated carbocycles. The van der Waals surface area contributed by atoms with Gasteiger partial charge in [-0.25, -0.2) is 4.39 Å². The van der Waals surface area contributed by atoms with Crippen LogP contribution < -0.4 is 10.6 Å². The van der Waals surface area contributed by atoms with E-state index in [9.17, 15) is 14.0 Å². The van der Waals surface area contributed by atoms with Crippen molar-refractivity contribution in [1.29, 1.82) is 0 Å². The Morgan fingerprint density at radius 3 is 2.48 bits per heavy atom. The summed E-state index contributed by atoms with van der Waals surface area (Å²) < 4.78 is 14.4. The molecule has 4 nitrogen and oxygen atoms in total. The molecule has 0 fully saturated rings. The van der Waals surface area contributed by atoms with Crippen LogP contribution in [0.25, 0.3) is 0 Å². The van der Waals surface area contributed by atoms with Crippen molar-refractivity contribution in [2.45, 2.75) is 19.4 Å². The Kier molecular flexibility index (Phi) is 5.87. The van der Waals surface area contributed by atoms with Gasteiger partial charge in [0.25, 0.3) is 0 Å².